The van der Waals surface area contributed by atoms with Crippen molar-refractivity contribution < 1.29 is 0 Å². The predicted molar refractivity (Wildman–Crippen MR) is 79.3 cm³/mol. The molecule has 0 atom stereocenters. The van der Waals surface area contributed by atoms with Crippen LogP contribution in [0.4, 0.5) is 0 Å². The lowest BCUT2D eigenvalue weighted by Crippen LogP contribution is -1.93. The first-order valence-corrected chi connectivity index (χ1v) is 7.03. The monoisotopic (exact) mass is 344 g/mol. The first kappa shape index (κ1) is 13.8. The van der Waals surface area contributed by atoms with E-state index in [-0.39, 0.29) is 0 Å². The van der Waals surface area contributed by atoms with Crippen molar-refractivity contribution >= 4 is 39.1 Å². The van der Waals surface area contributed by atoms with E-state index in [1.54, 1.807) is 0 Å². The third-order valence-corrected chi connectivity index (χ3v) is 4.36. The summed E-state index contributed by atoms with van der Waals surface area (Å²) in [5.74, 6) is 1.03. The van der Waals surface area contributed by atoms with Gasteiger partial charge in [0, 0.05) is 5.56 Å². The summed E-state index contributed by atoms with van der Waals surface area (Å²) in [6.07, 6.45) is 0. The summed E-state index contributed by atoms with van der Waals surface area (Å²) in [6.45, 7) is 4.30. The molecule has 0 radical (unpaired) electrons. The van der Waals surface area contributed by atoms with Gasteiger partial charge in [-0.15, -0.1) is 0 Å². The van der Waals surface area contributed by atoms with Gasteiger partial charge in [0.2, 0.25) is 0 Å². The Morgan fingerprint density at radius 2 is 1.50 bits per heavy atom. The molecule has 1 aromatic heterocycles. The fourth-order valence-electron chi connectivity index (χ4n) is 1.54. The van der Waals surface area contributed by atoms with Gasteiger partial charge in [0.05, 0.1) is 4.47 Å². The second kappa shape index (κ2) is 5.55. The Morgan fingerprint density at radius 3 is 1.94 bits per heavy atom. The quantitative estimate of drug-likeness (QED) is 0.687. The summed E-state index contributed by atoms with van der Waals surface area (Å²) in [6, 6.07) is 8.08. The zero-order chi connectivity index (χ0) is 13.3. The molecule has 0 aliphatic carbocycles. The maximum Gasteiger partial charge on any atom is 0.162 e. The largest absolute Gasteiger partial charge is 0.215 e. The topological polar surface area (TPSA) is 25.8 Å². The molecule has 0 aliphatic rings. The van der Waals surface area contributed by atoms with Crippen molar-refractivity contribution in [2.75, 3.05) is 0 Å². The Hall–Kier alpha value is -0.640. The van der Waals surface area contributed by atoms with Crippen molar-refractivity contribution in [1.82, 2.24) is 9.97 Å². The first-order chi connectivity index (χ1) is 8.49. The molecule has 0 saturated heterocycles. The van der Waals surface area contributed by atoms with Crippen LogP contribution in [0.2, 0.25) is 10.3 Å². The molecule has 0 fully saturated rings. The summed E-state index contributed by atoms with van der Waals surface area (Å²) in [5, 5.41) is 0.635. The number of aromatic nitrogens is 2. The summed E-state index contributed by atoms with van der Waals surface area (Å²) in [4.78, 5) is 8.40. The molecule has 0 saturated carbocycles. The molecule has 0 spiro atoms. The van der Waals surface area contributed by atoms with Crippen LogP contribution in [0.25, 0.3) is 11.4 Å². The number of benzene rings is 1. The van der Waals surface area contributed by atoms with Gasteiger partial charge >= 0.3 is 0 Å². The Bertz CT molecular complexity index is 545. The van der Waals surface area contributed by atoms with Crippen molar-refractivity contribution in [2.45, 2.75) is 19.8 Å². The van der Waals surface area contributed by atoms with Crippen LogP contribution in [-0.4, -0.2) is 9.97 Å². The fourth-order valence-corrected chi connectivity index (χ4v) is 2.11. The second-order valence-electron chi connectivity index (χ2n) is 4.22. The number of halogens is 3. The minimum atomic E-state index is 0.318. The summed E-state index contributed by atoms with van der Waals surface area (Å²) in [5.41, 5.74) is 2.17. The third-order valence-electron chi connectivity index (χ3n) is 2.61. The average molecular weight is 346 g/mol. The fraction of sp³-hybridized carbons (Fsp3) is 0.231. The second-order valence-corrected chi connectivity index (χ2v) is 5.73. The minimum Gasteiger partial charge on any atom is -0.215 e. The Labute approximate surface area is 124 Å². The van der Waals surface area contributed by atoms with E-state index in [0.717, 1.165) is 5.56 Å². The van der Waals surface area contributed by atoms with Crippen molar-refractivity contribution in [2.24, 2.45) is 0 Å². The van der Waals surface area contributed by atoms with Crippen LogP contribution in [0, 0.1) is 0 Å². The van der Waals surface area contributed by atoms with Crippen LogP contribution < -0.4 is 0 Å². The molecule has 0 aliphatic heterocycles. The smallest absolute Gasteiger partial charge is 0.162 e. The Balaban J connectivity index is 2.43. The molecule has 18 heavy (non-hydrogen) atoms. The lowest BCUT2D eigenvalue weighted by Gasteiger charge is -2.07. The highest BCUT2D eigenvalue weighted by atomic mass is 79.9. The standard InChI is InChI=1S/C13H11BrCl2N2/c1-7(2)8-3-5-9(6-4-8)13-17-11(15)10(14)12(16)18-13/h3-7H,1-2H3. The maximum atomic E-state index is 5.97. The van der Waals surface area contributed by atoms with Gasteiger partial charge in [-0.2, -0.15) is 0 Å². The highest BCUT2D eigenvalue weighted by Gasteiger charge is 2.10. The van der Waals surface area contributed by atoms with Gasteiger partial charge < -0.3 is 0 Å². The van der Waals surface area contributed by atoms with Crippen LogP contribution in [-0.2, 0) is 0 Å². The van der Waals surface area contributed by atoms with Crippen molar-refractivity contribution in [3.8, 4) is 11.4 Å². The van der Waals surface area contributed by atoms with E-state index >= 15 is 0 Å². The Kier molecular flexibility index (Phi) is 4.25. The van der Waals surface area contributed by atoms with Crippen LogP contribution in [0.1, 0.15) is 25.3 Å². The molecule has 0 unspecified atom stereocenters. The van der Waals surface area contributed by atoms with Gasteiger partial charge in [0.1, 0.15) is 10.3 Å². The summed E-state index contributed by atoms with van der Waals surface area (Å²) >= 11 is 15.2. The van der Waals surface area contributed by atoms with Gasteiger partial charge in [0.15, 0.2) is 5.82 Å². The molecule has 2 aromatic rings. The van der Waals surface area contributed by atoms with Gasteiger partial charge in [-0.1, -0.05) is 61.3 Å². The lowest BCUT2D eigenvalue weighted by molar-refractivity contribution is 0.867. The van der Waals surface area contributed by atoms with Gasteiger partial charge in [-0.25, -0.2) is 9.97 Å². The van der Waals surface area contributed by atoms with E-state index in [4.69, 9.17) is 23.2 Å². The molecule has 0 amide bonds. The zero-order valence-corrected chi connectivity index (χ0v) is 13.0. The molecular weight excluding hydrogens is 335 g/mol. The molecule has 2 nitrogen and oxygen atoms in total. The maximum absolute atomic E-state index is 5.97. The number of rotatable bonds is 2. The molecule has 0 N–H and O–H groups in total. The summed E-state index contributed by atoms with van der Waals surface area (Å²) in [7, 11) is 0. The van der Waals surface area contributed by atoms with Gasteiger partial charge in [-0.05, 0) is 27.4 Å². The predicted octanol–water partition coefficient (Wildman–Crippen LogP) is 5.34. The van der Waals surface area contributed by atoms with Crippen LogP contribution in [0.3, 0.4) is 0 Å². The average Bonchev–Trinajstić information content (AvgIpc) is 2.35. The van der Waals surface area contributed by atoms with Crippen LogP contribution in [0.5, 0.6) is 0 Å². The SMILES string of the molecule is CC(C)c1ccc(-c2nc(Cl)c(Br)c(Cl)n2)cc1. The summed E-state index contributed by atoms with van der Waals surface area (Å²) < 4.78 is 0.522. The number of nitrogens with zero attached hydrogens (tertiary/aromatic N) is 2. The molecule has 0 bridgehead atoms. The van der Waals surface area contributed by atoms with E-state index < -0.39 is 0 Å². The highest BCUT2D eigenvalue weighted by Crippen LogP contribution is 2.30. The molecular formula is C13H11BrCl2N2. The molecule has 2 rings (SSSR count). The molecule has 1 aromatic carbocycles. The van der Waals surface area contributed by atoms with E-state index in [9.17, 15) is 0 Å². The Morgan fingerprint density at radius 1 is 1.00 bits per heavy atom. The van der Waals surface area contributed by atoms with E-state index in [2.05, 4.69) is 51.9 Å². The van der Waals surface area contributed by atoms with E-state index in [1.165, 1.54) is 5.56 Å². The first-order valence-electron chi connectivity index (χ1n) is 5.48. The van der Waals surface area contributed by atoms with Crippen molar-refractivity contribution in [3.63, 3.8) is 0 Å². The molecule has 5 heteroatoms. The third kappa shape index (κ3) is 2.85. The normalized spacial score (nSPS) is 11.0. The molecule has 1 heterocycles. The lowest BCUT2D eigenvalue weighted by atomic mass is 10.0. The highest BCUT2D eigenvalue weighted by molar-refractivity contribution is 9.10. The van der Waals surface area contributed by atoms with Gasteiger partial charge in [0.25, 0.3) is 0 Å². The molecule has 94 valence electrons. The van der Waals surface area contributed by atoms with Crippen LogP contribution in [0.15, 0.2) is 28.7 Å². The number of hydrogen-bond donors (Lipinski definition) is 0. The van der Waals surface area contributed by atoms with Gasteiger partial charge in [-0.3, -0.25) is 0 Å². The number of hydrogen-bond acceptors (Lipinski definition) is 2. The van der Waals surface area contributed by atoms with Crippen molar-refractivity contribution in [1.29, 1.82) is 0 Å². The van der Waals surface area contributed by atoms with E-state index in [0.29, 0.717) is 26.5 Å². The van der Waals surface area contributed by atoms with E-state index in [1.807, 2.05) is 12.1 Å². The van der Waals surface area contributed by atoms with Crippen molar-refractivity contribution in [3.05, 3.63) is 44.6 Å². The van der Waals surface area contributed by atoms with Crippen LogP contribution >= 0.6 is 39.1 Å². The zero-order valence-electron chi connectivity index (χ0n) is 9.92. The minimum absolute atomic E-state index is 0.318.